The Labute approximate surface area is 76.1 Å². The summed E-state index contributed by atoms with van der Waals surface area (Å²) < 4.78 is 0.910. The molecule has 1 aromatic carbocycles. The molecule has 0 radical (unpaired) electrons. The molecule has 0 amide bonds. The van der Waals surface area contributed by atoms with Crippen LogP contribution in [-0.2, 0) is 0 Å². The summed E-state index contributed by atoms with van der Waals surface area (Å²) in [5.41, 5.74) is 2.35. The van der Waals surface area contributed by atoms with Crippen LogP contribution in [0.25, 0.3) is 10.9 Å². The number of rotatable bonds is 0. The Kier molecular flexibility index (Phi) is 1.70. The van der Waals surface area contributed by atoms with E-state index < -0.39 is 0 Å². The van der Waals surface area contributed by atoms with E-state index in [0.29, 0.717) is 0 Å². The summed E-state index contributed by atoms with van der Waals surface area (Å²) >= 11 is 5.19. The van der Waals surface area contributed by atoms with Gasteiger partial charge in [0, 0.05) is 21.6 Å². The van der Waals surface area contributed by atoms with Crippen molar-refractivity contribution in [3.8, 4) is 0 Å². The molecule has 2 heteroatoms. The van der Waals surface area contributed by atoms with Crippen molar-refractivity contribution < 1.29 is 0 Å². The number of hydrogen-bond acceptors (Lipinski definition) is 1. The van der Waals surface area contributed by atoms with Gasteiger partial charge in [0.25, 0.3) is 0 Å². The Balaban J connectivity index is 2.98. The average Bonchev–Trinajstić information content (AvgIpc) is 2.07. The number of aromatic amines is 1. The molecule has 2 rings (SSSR count). The van der Waals surface area contributed by atoms with E-state index in [-0.39, 0.29) is 0 Å². The Bertz CT molecular complexity index is 470. The highest BCUT2D eigenvalue weighted by atomic mass is 32.1. The van der Waals surface area contributed by atoms with Gasteiger partial charge in [-0.05, 0) is 25.1 Å². The first-order valence-corrected chi connectivity index (χ1v) is 4.26. The lowest BCUT2D eigenvalue weighted by atomic mass is 10.1. The second kappa shape index (κ2) is 2.72. The quantitative estimate of drug-likeness (QED) is 0.608. The molecular weight excluding hydrogens is 166 g/mol. The molecular formula is C10H9NS. The zero-order chi connectivity index (χ0) is 8.55. The summed E-state index contributed by atoms with van der Waals surface area (Å²) in [6.07, 6.45) is 1.88. The summed E-state index contributed by atoms with van der Waals surface area (Å²) in [4.78, 5) is 3.15. The fourth-order valence-electron chi connectivity index (χ4n) is 1.28. The van der Waals surface area contributed by atoms with Crippen molar-refractivity contribution in [3.63, 3.8) is 0 Å². The second-order valence-electron chi connectivity index (χ2n) is 2.89. The molecule has 1 aromatic heterocycles. The molecule has 0 fully saturated rings. The van der Waals surface area contributed by atoms with E-state index in [4.69, 9.17) is 12.2 Å². The standard InChI is InChI=1S/C10H9NS/c1-7-2-3-9-8(6-7)10(12)4-5-11-9/h2-6H,1H3,(H,11,12). The largest absolute Gasteiger partial charge is 0.361 e. The first kappa shape index (κ1) is 7.50. The molecule has 0 saturated heterocycles. The number of hydrogen-bond donors (Lipinski definition) is 1. The van der Waals surface area contributed by atoms with E-state index in [0.717, 1.165) is 15.4 Å². The second-order valence-corrected chi connectivity index (χ2v) is 3.33. The summed E-state index contributed by atoms with van der Waals surface area (Å²) in [6.45, 7) is 2.07. The summed E-state index contributed by atoms with van der Waals surface area (Å²) in [5, 5.41) is 1.13. The highest BCUT2D eigenvalue weighted by Gasteiger charge is 1.93. The molecule has 0 aliphatic heterocycles. The zero-order valence-corrected chi connectivity index (χ0v) is 7.61. The van der Waals surface area contributed by atoms with Crippen LogP contribution < -0.4 is 0 Å². The maximum atomic E-state index is 5.19. The molecule has 1 heterocycles. The number of aromatic nitrogens is 1. The van der Waals surface area contributed by atoms with Gasteiger partial charge >= 0.3 is 0 Å². The van der Waals surface area contributed by atoms with Crippen LogP contribution in [0.5, 0.6) is 0 Å². The number of H-pyrrole nitrogens is 1. The van der Waals surface area contributed by atoms with Crippen molar-refractivity contribution in [2.75, 3.05) is 0 Å². The van der Waals surface area contributed by atoms with E-state index in [2.05, 4.69) is 30.1 Å². The van der Waals surface area contributed by atoms with Gasteiger partial charge in [-0.3, -0.25) is 0 Å². The van der Waals surface area contributed by atoms with Gasteiger partial charge in [-0.1, -0.05) is 23.8 Å². The lowest BCUT2D eigenvalue weighted by molar-refractivity contribution is 1.39. The van der Waals surface area contributed by atoms with E-state index >= 15 is 0 Å². The molecule has 0 bridgehead atoms. The monoisotopic (exact) mass is 175 g/mol. The van der Waals surface area contributed by atoms with Crippen molar-refractivity contribution in [2.45, 2.75) is 6.92 Å². The molecule has 0 unspecified atom stereocenters. The maximum absolute atomic E-state index is 5.19. The summed E-state index contributed by atoms with van der Waals surface area (Å²) in [6, 6.07) is 8.15. The molecule has 2 aromatic rings. The van der Waals surface area contributed by atoms with Gasteiger partial charge in [-0.2, -0.15) is 0 Å². The number of fused-ring (bicyclic) bond motifs is 1. The Morgan fingerprint density at radius 1 is 1.25 bits per heavy atom. The van der Waals surface area contributed by atoms with Crippen LogP contribution in [0, 0.1) is 11.4 Å². The normalized spacial score (nSPS) is 10.4. The van der Waals surface area contributed by atoms with Crippen LogP contribution in [-0.4, -0.2) is 4.98 Å². The third-order valence-electron chi connectivity index (χ3n) is 1.91. The van der Waals surface area contributed by atoms with Crippen LogP contribution in [0.15, 0.2) is 30.5 Å². The predicted molar refractivity (Wildman–Crippen MR) is 53.9 cm³/mol. The van der Waals surface area contributed by atoms with Gasteiger partial charge in [0.05, 0.1) is 0 Å². The number of nitrogens with one attached hydrogen (secondary N) is 1. The van der Waals surface area contributed by atoms with Gasteiger partial charge in [0.15, 0.2) is 0 Å². The smallest absolute Gasteiger partial charge is 0.0484 e. The Hall–Kier alpha value is -1.15. The van der Waals surface area contributed by atoms with Gasteiger partial charge in [-0.25, -0.2) is 0 Å². The van der Waals surface area contributed by atoms with Crippen molar-refractivity contribution >= 4 is 23.1 Å². The number of pyridine rings is 1. The molecule has 0 aliphatic carbocycles. The SMILES string of the molecule is Cc1ccc2[nH]ccc(=S)c2c1. The molecule has 60 valence electrons. The number of benzene rings is 1. The van der Waals surface area contributed by atoms with E-state index in [9.17, 15) is 0 Å². The van der Waals surface area contributed by atoms with E-state index in [1.54, 1.807) is 0 Å². The fourth-order valence-corrected chi connectivity index (χ4v) is 1.52. The molecule has 0 spiro atoms. The first-order chi connectivity index (χ1) is 5.77. The minimum atomic E-state index is 0.910. The van der Waals surface area contributed by atoms with Crippen LogP contribution in [0.4, 0.5) is 0 Å². The fraction of sp³-hybridized carbons (Fsp3) is 0.100. The Morgan fingerprint density at radius 2 is 2.08 bits per heavy atom. The van der Waals surface area contributed by atoms with Gasteiger partial charge < -0.3 is 4.98 Å². The van der Waals surface area contributed by atoms with E-state index in [1.807, 2.05) is 12.3 Å². The third kappa shape index (κ3) is 1.14. The van der Waals surface area contributed by atoms with Gasteiger partial charge in [0.2, 0.25) is 0 Å². The van der Waals surface area contributed by atoms with Crippen molar-refractivity contribution in [1.29, 1.82) is 0 Å². The van der Waals surface area contributed by atoms with Crippen molar-refractivity contribution in [3.05, 3.63) is 40.5 Å². The summed E-state index contributed by atoms with van der Waals surface area (Å²) in [5.74, 6) is 0. The predicted octanol–water partition coefficient (Wildman–Crippen LogP) is 3.21. The van der Waals surface area contributed by atoms with Crippen LogP contribution in [0.1, 0.15) is 5.56 Å². The number of aryl methyl sites for hydroxylation is 1. The zero-order valence-electron chi connectivity index (χ0n) is 6.79. The van der Waals surface area contributed by atoms with Crippen LogP contribution in [0.3, 0.4) is 0 Å². The van der Waals surface area contributed by atoms with E-state index in [1.165, 1.54) is 5.56 Å². The maximum Gasteiger partial charge on any atom is 0.0484 e. The summed E-state index contributed by atoms with van der Waals surface area (Å²) in [7, 11) is 0. The highest BCUT2D eigenvalue weighted by molar-refractivity contribution is 7.71. The van der Waals surface area contributed by atoms with Gasteiger partial charge in [0.1, 0.15) is 0 Å². The first-order valence-electron chi connectivity index (χ1n) is 3.85. The van der Waals surface area contributed by atoms with Crippen LogP contribution in [0.2, 0.25) is 0 Å². The average molecular weight is 175 g/mol. The Morgan fingerprint density at radius 3 is 2.92 bits per heavy atom. The van der Waals surface area contributed by atoms with Gasteiger partial charge in [-0.15, -0.1) is 0 Å². The van der Waals surface area contributed by atoms with Crippen LogP contribution >= 0.6 is 12.2 Å². The van der Waals surface area contributed by atoms with Crippen molar-refractivity contribution in [2.24, 2.45) is 0 Å². The lowest BCUT2D eigenvalue weighted by Gasteiger charge is -1.98. The van der Waals surface area contributed by atoms with Crippen molar-refractivity contribution in [1.82, 2.24) is 4.98 Å². The topological polar surface area (TPSA) is 15.8 Å². The molecule has 0 atom stereocenters. The molecule has 12 heavy (non-hydrogen) atoms. The molecule has 0 saturated carbocycles. The minimum absolute atomic E-state index is 0.910. The highest BCUT2D eigenvalue weighted by Crippen LogP contribution is 2.14. The lowest BCUT2D eigenvalue weighted by Crippen LogP contribution is -1.79. The molecule has 0 aliphatic rings. The third-order valence-corrected chi connectivity index (χ3v) is 2.27. The minimum Gasteiger partial charge on any atom is -0.361 e. The molecule has 1 nitrogen and oxygen atoms in total. The molecule has 1 N–H and O–H groups in total.